The first-order valence-electron chi connectivity index (χ1n) is 7.81. The molecule has 1 fully saturated rings. The van der Waals surface area contributed by atoms with Crippen molar-refractivity contribution < 1.29 is 22.7 Å². The zero-order valence-electron chi connectivity index (χ0n) is 13.7. The van der Waals surface area contributed by atoms with Crippen molar-refractivity contribution in [1.82, 2.24) is 9.78 Å². The summed E-state index contributed by atoms with van der Waals surface area (Å²) in [5, 5.41) is 13.1. The lowest BCUT2D eigenvalue weighted by Gasteiger charge is -2.12. The molecule has 1 atom stereocenters. The Balaban J connectivity index is 1.85. The Morgan fingerprint density at radius 1 is 1.40 bits per heavy atom. The SMILES string of the molecule is Cc1cc(NS(=O)(=O)c2ccc(C(=O)O)c(F)c2)nn1C(C)C1CC1. The van der Waals surface area contributed by atoms with Crippen LogP contribution in [0.1, 0.15) is 41.9 Å². The standard InChI is InChI=1S/C16H18FN3O4S/c1-9-7-15(18-20(9)10(2)11-3-4-11)19-25(23,24)12-5-6-13(16(21)22)14(17)8-12/h5-8,10-11H,3-4H2,1-2H3,(H,18,19)(H,21,22). The maximum absolute atomic E-state index is 13.7. The van der Waals surface area contributed by atoms with Crippen molar-refractivity contribution in [2.75, 3.05) is 4.72 Å². The highest BCUT2D eigenvalue weighted by molar-refractivity contribution is 7.92. The quantitative estimate of drug-likeness (QED) is 0.817. The maximum Gasteiger partial charge on any atom is 0.338 e. The molecule has 1 unspecified atom stereocenters. The van der Waals surface area contributed by atoms with Gasteiger partial charge in [-0.1, -0.05) is 0 Å². The molecule has 1 saturated carbocycles. The average molecular weight is 367 g/mol. The zero-order valence-corrected chi connectivity index (χ0v) is 14.5. The van der Waals surface area contributed by atoms with Crippen molar-refractivity contribution in [1.29, 1.82) is 0 Å². The summed E-state index contributed by atoms with van der Waals surface area (Å²) in [7, 11) is -4.07. The first-order chi connectivity index (χ1) is 11.7. The van der Waals surface area contributed by atoms with Crippen molar-refractivity contribution >= 4 is 21.8 Å². The fraction of sp³-hybridized carbons (Fsp3) is 0.375. The van der Waals surface area contributed by atoms with E-state index in [1.165, 1.54) is 0 Å². The van der Waals surface area contributed by atoms with E-state index < -0.39 is 27.4 Å². The largest absolute Gasteiger partial charge is 0.478 e. The third kappa shape index (κ3) is 3.51. The number of hydrogen-bond acceptors (Lipinski definition) is 4. The van der Waals surface area contributed by atoms with E-state index in [-0.39, 0.29) is 16.8 Å². The molecule has 7 nitrogen and oxygen atoms in total. The number of carbonyl (C=O) groups is 1. The fourth-order valence-electron chi connectivity index (χ4n) is 2.76. The number of nitrogens with zero attached hydrogens (tertiary/aromatic N) is 2. The summed E-state index contributed by atoms with van der Waals surface area (Å²) in [4.78, 5) is 10.5. The number of aromatic nitrogens is 2. The van der Waals surface area contributed by atoms with Gasteiger partial charge in [0.1, 0.15) is 5.82 Å². The van der Waals surface area contributed by atoms with Crippen molar-refractivity contribution in [3.8, 4) is 0 Å². The minimum Gasteiger partial charge on any atom is -0.478 e. The second-order valence-corrected chi connectivity index (χ2v) is 7.93. The summed E-state index contributed by atoms with van der Waals surface area (Å²) in [6.45, 7) is 3.88. The first-order valence-corrected chi connectivity index (χ1v) is 9.29. The van der Waals surface area contributed by atoms with Gasteiger partial charge in [0.15, 0.2) is 5.82 Å². The molecule has 25 heavy (non-hydrogen) atoms. The normalized spacial score (nSPS) is 15.8. The monoisotopic (exact) mass is 367 g/mol. The molecular weight excluding hydrogens is 349 g/mol. The molecule has 0 amide bonds. The molecule has 1 aromatic heterocycles. The van der Waals surface area contributed by atoms with E-state index >= 15 is 0 Å². The van der Waals surface area contributed by atoms with Crippen molar-refractivity contribution in [3.05, 3.63) is 41.3 Å². The molecule has 0 aliphatic heterocycles. The van der Waals surface area contributed by atoms with E-state index in [0.717, 1.165) is 30.7 Å². The number of sulfonamides is 1. The van der Waals surface area contributed by atoms with Crippen LogP contribution in [0.4, 0.5) is 10.2 Å². The van der Waals surface area contributed by atoms with Gasteiger partial charge in [-0.3, -0.25) is 9.40 Å². The van der Waals surface area contributed by atoms with Crippen LogP contribution >= 0.6 is 0 Å². The Bertz CT molecular complexity index is 935. The van der Waals surface area contributed by atoms with Gasteiger partial charge in [-0.05, 0) is 50.8 Å². The van der Waals surface area contributed by atoms with Crippen molar-refractivity contribution in [3.63, 3.8) is 0 Å². The Labute approximate surface area is 144 Å². The molecule has 0 spiro atoms. The van der Waals surface area contributed by atoms with Gasteiger partial charge in [-0.25, -0.2) is 17.6 Å². The van der Waals surface area contributed by atoms with Crippen LogP contribution in [-0.2, 0) is 10.0 Å². The molecule has 0 radical (unpaired) electrons. The Morgan fingerprint density at radius 2 is 2.08 bits per heavy atom. The second-order valence-electron chi connectivity index (χ2n) is 6.25. The number of hydrogen-bond donors (Lipinski definition) is 2. The molecule has 2 N–H and O–H groups in total. The Hall–Kier alpha value is -2.42. The van der Waals surface area contributed by atoms with E-state index in [1.807, 2.05) is 13.8 Å². The summed E-state index contributed by atoms with van der Waals surface area (Å²) in [5.74, 6) is -1.87. The number of aryl methyl sites for hydroxylation is 1. The van der Waals surface area contributed by atoms with E-state index in [0.29, 0.717) is 12.0 Å². The zero-order chi connectivity index (χ0) is 18.4. The lowest BCUT2D eigenvalue weighted by atomic mass is 10.2. The van der Waals surface area contributed by atoms with Crippen LogP contribution in [0.25, 0.3) is 0 Å². The average Bonchev–Trinajstić information content (AvgIpc) is 3.30. The van der Waals surface area contributed by atoms with E-state index in [9.17, 15) is 17.6 Å². The Kier molecular flexibility index (Phi) is 4.28. The minimum absolute atomic E-state index is 0.146. The maximum atomic E-state index is 13.7. The lowest BCUT2D eigenvalue weighted by Crippen LogP contribution is -2.15. The highest BCUT2D eigenvalue weighted by Crippen LogP contribution is 2.39. The predicted octanol–water partition coefficient (Wildman–Crippen LogP) is 2.80. The van der Waals surface area contributed by atoms with Gasteiger partial charge in [0.05, 0.1) is 16.5 Å². The molecule has 1 aliphatic rings. The van der Waals surface area contributed by atoms with Gasteiger partial charge in [0, 0.05) is 11.8 Å². The van der Waals surface area contributed by atoms with Crippen LogP contribution < -0.4 is 4.72 Å². The van der Waals surface area contributed by atoms with E-state index in [1.54, 1.807) is 10.7 Å². The van der Waals surface area contributed by atoms with Gasteiger partial charge in [0.2, 0.25) is 0 Å². The lowest BCUT2D eigenvalue weighted by molar-refractivity contribution is 0.0691. The predicted molar refractivity (Wildman–Crippen MR) is 88.6 cm³/mol. The third-order valence-corrected chi connectivity index (χ3v) is 5.69. The van der Waals surface area contributed by atoms with Crippen LogP contribution in [-0.4, -0.2) is 29.3 Å². The molecule has 134 valence electrons. The molecule has 0 saturated heterocycles. The number of aromatic carboxylic acids is 1. The second kappa shape index (κ2) is 6.14. The summed E-state index contributed by atoms with van der Waals surface area (Å²) in [6.07, 6.45) is 2.27. The van der Waals surface area contributed by atoms with E-state index in [4.69, 9.17) is 5.11 Å². The molecule has 9 heteroatoms. The number of rotatable bonds is 6. The number of anilines is 1. The third-order valence-electron chi connectivity index (χ3n) is 4.33. The topological polar surface area (TPSA) is 101 Å². The van der Waals surface area contributed by atoms with Crippen LogP contribution in [0.5, 0.6) is 0 Å². The summed E-state index contributed by atoms with van der Waals surface area (Å²) in [6, 6.07) is 4.45. The van der Waals surface area contributed by atoms with Crippen LogP contribution in [0.15, 0.2) is 29.2 Å². The minimum atomic E-state index is -4.07. The molecule has 1 aromatic carbocycles. The highest BCUT2D eigenvalue weighted by atomic mass is 32.2. The summed E-state index contributed by atoms with van der Waals surface area (Å²) < 4.78 is 42.6. The molecule has 0 bridgehead atoms. The van der Waals surface area contributed by atoms with Crippen molar-refractivity contribution in [2.45, 2.75) is 37.6 Å². The van der Waals surface area contributed by atoms with Crippen LogP contribution in [0.3, 0.4) is 0 Å². The smallest absolute Gasteiger partial charge is 0.338 e. The fourth-order valence-corrected chi connectivity index (χ4v) is 3.76. The van der Waals surface area contributed by atoms with Gasteiger partial charge >= 0.3 is 5.97 Å². The number of benzene rings is 1. The van der Waals surface area contributed by atoms with E-state index in [2.05, 4.69) is 9.82 Å². The molecular formula is C16H18FN3O4S. The Morgan fingerprint density at radius 3 is 2.64 bits per heavy atom. The van der Waals surface area contributed by atoms with Gasteiger partial charge < -0.3 is 5.11 Å². The summed E-state index contributed by atoms with van der Waals surface area (Å²) in [5.41, 5.74) is 0.238. The molecule has 1 heterocycles. The first kappa shape index (κ1) is 17.4. The molecule has 1 aliphatic carbocycles. The van der Waals surface area contributed by atoms with Gasteiger partial charge in [-0.2, -0.15) is 5.10 Å². The number of halogens is 1. The summed E-state index contributed by atoms with van der Waals surface area (Å²) >= 11 is 0. The van der Waals surface area contributed by atoms with Gasteiger partial charge in [-0.15, -0.1) is 0 Å². The number of nitrogens with one attached hydrogen (secondary N) is 1. The highest BCUT2D eigenvalue weighted by Gasteiger charge is 2.31. The van der Waals surface area contributed by atoms with Crippen molar-refractivity contribution in [2.24, 2.45) is 5.92 Å². The van der Waals surface area contributed by atoms with Gasteiger partial charge in [0.25, 0.3) is 10.0 Å². The van der Waals surface area contributed by atoms with Crippen LogP contribution in [0.2, 0.25) is 0 Å². The molecule has 3 rings (SSSR count). The number of carboxylic acid groups (broad SMARTS) is 1. The van der Waals surface area contributed by atoms with Crippen LogP contribution in [0, 0.1) is 18.7 Å². The number of carboxylic acids is 1. The molecule has 2 aromatic rings.